The average Bonchev–Trinajstić information content (AvgIpc) is 3.49. The minimum atomic E-state index is -2.13. The van der Waals surface area contributed by atoms with Gasteiger partial charge in [0.25, 0.3) is 0 Å². The van der Waals surface area contributed by atoms with Crippen LogP contribution in [0.3, 0.4) is 0 Å². The van der Waals surface area contributed by atoms with Gasteiger partial charge in [-0.2, -0.15) is 0 Å². The van der Waals surface area contributed by atoms with Crippen molar-refractivity contribution in [1.29, 1.82) is 0 Å². The molecule has 2 heterocycles. The third-order valence-electron chi connectivity index (χ3n) is 7.53. The molecule has 2 fully saturated rings. The predicted octanol–water partition coefficient (Wildman–Crippen LogP) is 3.87. The number of ether oxygens (including phenoxy) is 2. The maximum atomic E-state index is 14.0. The van der Waals surface area contributed by atoms with E-state index in [1.807, 2.05) is 19.1 Å². The van der Waals surface area contributed by atoms with Crippen molar-refractivity contribution in [2.24, 2.45) is 11.8 Å². The minimum absolute atomic E-state index is 0.179. The third kappa shape index (κ3) is 3.16. The number of carbonyl (C=O) groups excluding carboxylic acids is 5. The van der Waals surface area contributed by atoms with E-state index in [-0.39, 0.29) is 29.0 Å². The molecule has 190 valence electrons. The van der Waals surface area contributed by atoms with Crippen molar-refractivity contribution in [2.75, 3.05) is 11.5 Å². The van der Waals surface area contributed by atoms with E-state index in [0.717, 1.165) is 10.5 Å². The maximum absolute atomic E-state index is 14.0. The molecule has 2 saturated heterocycles. The summed E-state index contributed by atoms with van der Waals surface area (Å²) in [5.74, 6) is -5.42. The van der Waals surface area contributed by atoms with Crippen LogP contribution in [0.4, 0.5) is 5.69 Å². The van der Waals surface area contributed by atoms with Gasteiger partial charge in [-0.1, -0.05) is 54.1 Å². The van der Waals surface area contributed by atoms with Gasteiger partial charge < -0.3 is 9.47 Å². The van der Waals surface area contributed by atoms with E-state index in [9.17, 15) is 24.0 Å². The van der Waals surface area contributed by atoms with Gasteiger partial charge in [0.05, 0.1) is 35.8 Å². The lowest BCUT2D eigenvalue weighted by atomic mass is 9.77. The zero-order chi connectivity index (χ0) is 26.8. The van der Waals surface area contributed by atoms with Crippen LogP contribution >= 0.6 is 0 Å². The number of aryl methyl sites for hydroxylation is 1. The summed E-state index contributed by atoms with van der Waals surface area (Å²) in [4.78, 5) is 68.6. The number of rotatable bonds is 4. The second kappa shape index (κ2) is 8.56. The van der Waals surface area contributed by atoms with E-state index in [1.165, 1.54) is 36.4 Å². The van der Waals surface area contributed by atoms with Crippen LogP contribution in [0.25, 0.3) is 0 Å². The van der Waals surface area contributed by atoms with Crippen LogP contribution in [0, 0.1) is 18.8 Å². The molecule has 0 bridgehead atoms. The van der Waals surface area contributed by atoms with Gasteiger partial charge in [0.15, 0.2) is 0 Å². The normalized spacial score (nSPS) is 23.2. The highest BCUT2D eigenvalue weighted by molar-refractivity contribution is 6.37. The molecule has 8 heteroatoms. The fourth-order valence-electron chi connectivity index (χ4n) is 5.88. The Kier molecular flexibility index (Phi) is 5.39. The van der Waals surface area contributed by atoms with E-state index < -0.39 is 52.9 Å². The standard InChI is InChI=1S/C30H23NO7/c1-3-37-29(36)17-11-13-19(14-12-17)31-27(34)22-23(28(31)35)30(38-24(22)18-8-6-7-16(2)15-18)25(32)20-9-4-5-10-21(20)26(30)33/h4-15,22-24H,3H2,1-2H3/t22-,23-,24-/m0/s1. The van der Waals surface area contributed by atoms with Gasteiger partial charge in [-0.05, 0) is 43.7 Å². The predicted molar refractivity (Wildman–Crippen MR) is 135 cm³/mol. The van der Waals surface area contributed by atoms with Crippen LogP contribution in [0.1, 0.15) is 55.2 Å². The molecule has 2 amide bonds. The van der Waals surface area contributed by atoms with Gasteiger partial charge in [0, 0.05) is 11.1 Å². The monoisotopic (exact) mass is 509 g/mol. The Morgan fingerprint density at radius 2 is 1.55 bits per heavy atom. The first-order valence-corrected chi connectivity index (χ1v) is 12.4. The second-order valence-electron chi connectivity index (χ2n) is 9.67. The first-order valence-electron chi connectivity index (χ1n) is 12.4. The number of ketones is 2. The summed E-state index contributed by atoms with van der Waals surface area (Å²) < 4.78 is 11.3. The molecule has 2 aliphatic heterocycles. The van der Waals surface area contributed by atoms with Crippen molar-refractivity contribution in [2.45, 2.75) is 25.6 Å². The maximum Gasteiger partial charge on any atom is 0.338 e. The van der Waals surface area contributed by atoms with Crippen LogP contribution in [0.5, 0.6) is 0 Å². The molecule has 3 aromatic rings. The zero-order valence-electron chi connectivity index (χ0n) is 20.7. The summed E-state index contributed by atoms with van der Waals surface area (Å²) in [6.07, 6.45) is -0.984. The highest BCUT2D eigenvalue weighted by Crippen LogP contribution is 2.57. The largest absolute Gasteiger partial charge is 0.462 e. The third-order valence-corrected chi connectivity index (χ3v) is 7.53. The minimum Gasteiger partial charge on any atom is -0.462 e. The molecule has 0 aromatic heterocycles. The lowest BCUT2D eigenvalue weighted by Gasteiger charge is -2.27. The van der Waals surface area contributed by atoms with E-state index in [4.69, 9.17) is 9.47 Å². The highest BCUT2D eigenvalue weighted by atomic mass is 16.5. The van der Waals surface area contributed by atoms with Crippen LogP contribution in [-0.4, -0.2) is 41.6 Å². The van der Waals surface area contributed by atoms with Gasteiger partial charge in [-0.25, -0.2) is 9.69 Å². The van der Waals surface area contributed by atoms with Gasteiger partial charge in [-0.15, -0.1) is 0 Å². The molecule has 1 aliphatic carbocycles. The summed E-state index contributed by atoms with van der Waals surface area (Å²) >= 11 is 0. The Hall–Kier alpha value is -4.43. The Morgan fingerprint density at radius 3 is 2.16 bits per heavy atom. The fourth-order valence-corrected chi connectivity index (χ4v) is 5.88. The van der Waals surface area contributed by atoms with Gasteiger partial charge in [0.1, 0.15) is 0 Å². The molecule has 3 atom stereocenters. The molecule has 0 N–H and O–H groups in total. The lowest BCUT2D eigenvalue weighted by Crippen LogP contribution is -2.51. The van der Waals surface area contributed by atoms with E-state index in [0.29, 0.717) is 5.56 Å². The van der Waals surface area contributed by atoms with Crippen molar-refractivity contribution < 1.29 is 33.4 Å². The molecular weight excluding hydrogens is 486 g/mol. The smallest absolute Gasteiger partial charge is 0.338 e. The Bertz CT molecular complexity index is 1510. The van der Waals surface area contributed by atoms with E-state index >= 15 is 0 Å². The number of Topliss-reactive ketones (excluding diaryl/α,β-unsaturated/α-hetero) is 2. The van der Waals surface area contributed by atoms with Crippen molar-refractivity contribution in [3.05, 3.63) is 101 Å². The molecule has 0 unspecified atom stereocenters. The number of benzene rings is 3. The highest BCUT2D eigenvalue weighted by Gasteiger charge is 2.74. The topological polar surface area (TPSA) is 107 Å². The van der Waals surface area contributed by atoms with Gasteiger partial charge >= 0.3 is 5.97 Å². The summed E-state index contributed by atoms with van der Waals surface area (Å²) in [6.45, 7) is 3.78. The molecule has 8 nitrogen and oxygen atoms in total. The molecule has 6 rings (SSSR count). The molecular formula is C30H23NO7. The first-order chi connectivity index (χ1) is 18.3. The Labute approximate surface area is 218 Å². The van der Waals surface area contributed by atoms with Crippen LogP contribution in [0.2, 0.25) is 0 Å². The number of nitrogens with zero attached hydrogens (tertiary/aromatic N) is 1. The fraction of sp³-hybridized carbons (Fsp3) is 0.233. The van der Waals surface area contributed by atoms with Crippen LogP contribution < -0.4 is 4.90 Å². The molecule has 0 saturated carbocycles. The summed E-state index contributed by atoms with van der Waals surface area (Å²) in [5, 5.41) is 0. The molecule has 38 heavy (non-hydrogen) atoms. The average molecular weight is 510 g/mol. The summed E-state index contributed by atoms with van der Waals surface area (Å²) in [6, 6.07) is 19.5. The molecule has 3 aromatic carbocycles. The van der Waals surface area contributed by atoms with Crippen molar-refractivity contribution in [3.8, 4) is 0 Å². The number of fused-ring (bicyclic) bond motifs is 3. The number of hydrogen-bond donors (Lipinski definition) is 0. The number of carbonyl (C=O) groups is 5. The zero-order valence-corrected chi connectivity index (χ0v) is 20.7. The van der Waals surface area contributed by atoms with E-state index in [1.54, 1.807) is 31.2 Å². The van der Waals surface area contributed by atoms with Crippen LogP contribution in [0.15, 0.2) is 72.8 Å². The van der Waals surface area contributed by atoms with Crippen molar-refractivity contribution in [3.63, 3.8) is 0 Å². The summed E-state index contributed by atoms with van der Waals surface area (Å²) in [7, 11) is 0. The van der Waals surface area contributed by atoms with Gasteiger partial charge in [0.2, 0.25) is 29.0 Å². The number of amides is 2. The number of imide groups is 1. The summed E-state index contributed by atoms with van der Waals surface area (Å²) in [5.41, 5.74) is 0.236. The van der Waals surface area contributed by atoms with Gasteiger partial charge in [-0.3, -0.25) is 19.2 Å². The van der Waals surface area contributed by atoms with E-state index in [2.05, 4.69) is 0 Å². The molecule has 0 radical (unpaired) electrons. The van der Waals surface area contributed by atoms with Crippen molar-refractivity contribution in [1.82, 2.24) is 0 Å². The number of hydrogen-bond acceptors (Lipinski definition) is 7. The first kappa shape index (κ1) is 23.9. The quantitative estimate of drug-likeness (QED) is 0.299. The Balaban J connectivity index is 1.47. The Morgan fingerprint density at radius 1 is 0.895 bits per heavy atom. The lowest BCUT2D eigenvalue weighted by molar-refractivity contribution is -0.127. The SMILES string of the molecule is CCOC(=O)c1ccc(N2C(=O)[C@H]3[C@@H](C2=O)C2(O[C@H]3c3cccc(C)c3)C(=O)c3ccccc3C2=O)cc1. The van der Waals surface area contributed by atoms with Crippen LogP contribution in [-0.2, 0) is 19.1 Å². The molecule has 1 spiro atoms. The second-order valence-corrected chi connectivity index (χ2v) is 9.67. The number of anilines is 1. The number of esters is 1. The van der Waals surface area contributed by atoms with Crippen molar-refractivity contribution >= 4 is 35.0 Å². The molecule has 3 aliphatic rings.